The monoisotopic (exact) mass is 237 g/mol. The fourth-order valence-corrected chi connectivity index (χ4v) is 2.32. The topological polar surface area (TPSA) is 38.3 Å². The lowest BCUT2D eigenvalue weighted by Gasteiger charge is -2.19. The Morgan fingerprint density at radius 2 is 2.25 bits per heavy atom. The first-order valence-electron chi connectivity index (χ1n) is 5.45. The van der Waals surface area contributed by atoms with Gasteiger partial charge in [0.05, 0.1) is 11.1 Å². The summed E-state index contributed by atoms with van der Waals surface area (Å²) in [5.74, 6) is 1.21. The maximum Gasteiger partial charge on any atom is 0.262 e. The van der Waals surface area contributed by atoms with Gasteiger partial charge in [0.2, 0.25) is 0 Å². The van der Waals surface area contributed by atoms with E-state index >= 15 is 0 Å². The average molecular weight is 238 g/mol. The molecule has 1 heterocycles. The van der Waals surface area contributed by atoms with Crippen LogP contribution in [-0.2, 0) is 4.79 Å². The summed E-state index contributed by atoms with van der Waals surface area (Å²) in [7, 11) is 0. The van der Waals surface area contributed by atoms with E-state index in [2.05, 4.69) is 5.32 Å². The summed E-state index contributed by atoms with van der Waals surface area (Å²) in [6.07, 6.45) is 2.40. The third kappa shape index (κ3) is 1.76. The van der Waals surface area contributed by atoms with E-state index in [1.165, 1.54) is 12.8 Å². The maximum absolute atomic E-state index is 11.2. The molecule has 1 fully saturated rings. The molecule has 3 nitrogen and oxygen atoms in total. The Labute approximate surface area is 98.7 Å². The number of halogens is 1. The summed E-state index contributed by atoms with van der Waals surface area (Å²) in [6, 6.07) is 5.77. The molecule has 2 aliphatic rings. The minimum absolute atomic E-state index is 0.0594. The molecule has 1 atom stereocenters. The van der Waals surface area contributed by atoms with Gasteiger partial charge in [-0.15, -0.1) is 11.6 Å². The van der Waals surface area contributed by atoms with Gasteiger partial charge in [-0.2, -0.15) is 0 Å². The Bertz CT molecular complexity index is 443. The molecule has 1 aromatic rings. The SMILES string of the molecule is O=C1COc2ccc(C(Cl)C3CC3)cc2N1. The zero-order chi connectivity index (χ0) is 11.1. The molecule has 1 amide bonds. The molecule has 0 bridgehead atoms. The highest BCUT2D eigenvalue weighted by Gasteiger charge is 2.31. The van der Waals surface area contributed by atoms with Crippen LogP contribution in [0.3, 0.4) is 0 Å². The van der Waals surface area contributed by atoms with Crippen molar-refractivity contribution in [3.8, 4) is 5.75 Å². The molecule has 0 saturated heterocycles. The van der Waals surface area contributed by atoms with Crippen LogP contribution < -0.4 is 10.1 Å². The lowest BCUT2D eigenvalue weighted by atomic mass is 10.1. The van der Waals surface area contributed by atoms with Gasteiger partial charge in [-0.1, -0.05) is 6.07 Å². The van der Waals surface area contributed by atoms with Crippen molar-refractivity contribution < 1.29 is 9.53 Å². The fourth-order valence-electron chi connectivity index (χ4n) is 1.93. The van der Waals surface area contributed by atoms with Gasteiger partial charge in [0.15, 0.2) is 6.61 Å². The van der Waals surface area contributed by atoms with E-state index in [1.807, 2.05) is 18.2 Å². The summed E-state index contributed by atoms with van der Waals surface area (Å²) < 4.78 is 5.29. The lowest BCUT2D eigenvalue weighted by molar-refractivity contribution is -0.118. The second-order valence-corrected chi connectivity index (χ2v) is 4.80. The smallest absolute Gasteiger partial charge is 0.262 e. The Morgan fingerprint density at radius 1 is 1.44 bits per heavy atom. The van der Waals surface area contributed by atoms with Gasteiger partial charge < -0.3 is 10.1 Å². The normalized spacial score (nSPS) is 20.7. The van der Waals surface area contributed by atoms with Crippen LogP contribution in [0.1, 0.15) is 23.8 Å². The van der Waals surface area contributed by atoms with Crippen LogP contribution in [0.2, 0.25) is 0 Å². The molecule has 1 saturated carbocycles. The van der Waals surface area contributed by atoms with E-state index < -0.39 is 0 Å². The predicted octanol–water partition coefficient (Wildman–Crippen LogP) is 2.71. The van der Waals surface area contributed by atoms with E-state index in [4.69, 9.17) is 16.3 Å². The zero-order valence-corrected chi connectivity index (χ0v) is 9.46. The summed E-state index contributed by atoms with van der Waals surface area (Å²) in [6.45, 7) is 0.0965. The molecule has 1 aromatic carbocycles. The van der Waals surface area contributed by atoms with Crippen molar-refractivity contribution in [3.05, 3.63) is 23.8 Å². The van der Waals surface area contributed by atoms with E-state index in [9.17, 15) is 4.79 Å². The van der Waals surface area contributed by atoms with Crippen molar-refractivity contribution in [2.75, 3.05) is 11.9 Å². The number of fused-ring (bicyclic) bond motifs is 1. The molecule has 84 valence electrons. The van der Waals surface area contributed by atoms with Crippen LogP contribution >= 0.6 is 11.6 Å². The van der Waals surface area contributed by atoms with Crippen LogP contribution in [0.15, 0.2) is 18.2 Å². The summed E-state index contributed by atoms with van der Waals surface area (Å²) >= 11 is 6.33. The number of carbonyl (C=O) groups is 1. The summed E-state index contributed by atoms with van der Waals surface area (Å²) in [5.41, 5.74) is 1.80. The van der Waals surface area contributed by atoms with E-state index in [0.29, 0.717) is 5.92 Å². The van der Waals surface area contributed by atoms with Crippen LogP contribution in [0, 0.1) is 5.92 Å². The Balaban J connectivity index is 1.91. The second kappa shape index (κ2) is 3.67. The van der Waals surface area contributed by atoms with Gasteiger partial charge in [0.1, 0.15) is 5.75 Å². The molecule has 0 aromatic heterocycles. The number of anilines is 1. The predicted molar refractivity (Wildman–Crippen MR) is 61.9 cm³/mol. The third-order valence-electron chi connectivity index (χ3n) is 2.99. The van der Waals surface area contributed by atoms with Gasteiger partial charge in [-0.05, 0) is 36.5 Å². The highest BCUT2D eigenvalue weighted by molar-refractivity contribution is 6.21. The van der Waals surface area contributed by atoms with E-state index in [-0.39, 0.29) is 17.9 Å². The number of carbonyl (C=O) groups excluding carboxylic acids is 1. The third-order valence-corrected chi connectivity index (χ3v) is 3.60. The number of hydrogen-bond donors (Lipinski definition) is 1. The van der Waals surface area contributed by atoms with Crippen LogP contribution in [0.4, 0.5) is 5.69 Å². The van der Waals surface area contributed by atoms with Crippen molar-refractivity contribution in [2.24, 2.45) is 5.92 Å². The minimum atomic E-state index is -0.109. The first kappa shape index (κ1) is 9.97. The van der Waals surface area contributed by atoms with Gasteiger partial charge in [-0.25, -0.2) is 0 Å². The van der Waals surface area contributed by atoms with Crippen molar-refractivity contribution in [1.29, 1.82) is 0 Å². The average Bonchev–Trinajstić information content (AvgIpc) is 3.11. The molecule has 1 N–H and O–H groups in total. The fraction of sp³-hybridized carbons (Fsp3) is 0.417. The molecule has 1 aliphatic carbocycles. The standard InChI is InChI=1S/C12H12ClNO2/c13-12(7-1-2-7)8-3-4-10-9(5-8)14-11(15)6-16-10/h3-5,7,12H,1-2,6H2,(H,14,15). The number of amides is 1. The molecule has 4 heteroatoms. The van der Waals surface area contributed by atoms with Crippen LogP contribution in [-0.4, -0.2) is 12.5 Å². The summed E-state index contributed by atoms with van der Waals surface area (Å²) in [4.78, 5) is 11.2. The molecular formula is C12H12ClNO2. The van der Waals surface area contributed by atoms with E-state index in [1.54, 1.807) is 0 Å². The Hall–Kier alpha value is -1.22. The van der Waals surface area contributed by atoms with Gasteiger partial charge >= 0.3 is 0 Å². The quantitative estimate of drug-likeness (QED) is 0.804. The van der Waals surface area contributed by atoms with Crippen molar-refractivity contribution in [3.63, 3.8) is 0 Å². The molecule has 0 radical (unpaired) electrons. The second-order valence-electron chi connectivity index (χ2n) is 4.33. The number of ether oxygens (including phenoxy) is 1. The van der Waals surface area contributed by atoms with Crippen molar-refractivity contribution in [2.45, 2.75) is 18.2 Å². The van der Waals surface area contributed by atoms with Crippen molar-refractivity contribution in [1.82, 2.24) is 0 Å². The first-order valence-corrected chi connectivity index (χ1v) is 5.88. The highest BCUT2D eigenvalue weighted by Crippen LogP contribution is 2.46. The molecule has 3 rings (SSSR count). The molecular weight excluding hydrogens is 226 g/mol. The number of benzene rings is 1. The largest absolute Gasteiger partial charge is 0.482 e. The number of alkyl halides is 1. The van der Waals surface area contributed by atoms with Gasteiger partial charge in [0.25, 0.3) is 5.91 Å². The number of rotatable bonds is 2. The molecule has 0 spiro atoms. The molecule has 1 unspecified atom stereocenters. The highest BCUT2D eigenvalue weighted by atomic mass is 35.5. The number of nitrogens with one attached hydrogen (secondary N) is 1. The Kier molecular flexibility index (Phi) is 2.28. The minimum Gasteiger partial charge on any atom is -0.482 e. The number of hydrogen-bond acceptors (Lipinski definition) is 2. The maximum atomic E-state index is 11.2. The summed E-state index contributed by atoms with van der Waals surface area (Å²) in [5, 5.41) is 2.85. The Morgan fingerprint density at radius 3 is 3.00 bits per heavy atom. The van der Waals surface area contributed by atoms with Gasteiger partial charge in [-0.3, -0.25) is 4.79 Å². The van der Waals surface area contributed by atoms with Crippen LogP contribution in [0.25, 0.3) is 0 Å². The van der Waals surface area contributed by atoms with E-state index in [0.717, 1.165) is 17.0 Å². The molecule has 1 aliphatic heterocycles. The zero-order valence-electron chi connectivity index (χ0n) is 8.70. The van der Waals surface area contributed by atoms with Crippen LogP contribution in [0.5, 0.6) is 5.75 Å². The van der Waals surface area contributed by atoms with Crippen molar-refractivity contribution >= 4 is 23.2 Å². The first-order chi connectivity index (χ1) is 7.74. The lowest BCUT2D eigenvalue weighted by Crippen LogP contribution is -2.25. The molecule has 16 heavy (non-hydrogen) atoms. The van der Waals surface area contributed by atoms with Gasteiger partial charge in [0, 0.05) is 0 Å².